The molecular formula is C28H30F3N3O3. The molecule has 0 saturated heterocycles. The van der Waals surface area contributed by atoms with Gasteiger partial charge in [0.05, 0.1) is 29.0 Å². The summed E-state index contributed by atoms with van der Waals surface area (Å²) in [7, 11) is 1.56. The van der Waals surface area contributed by atoms with Crippen molar-refractivity contribution in [2.24, 2.45) is 16.8 Å². The van der Waals surface area contributed by atoms with Crippen LogP contribution in [0.4, 0.5) is 18.9 Å². The van der Waals surface area contributed by atoms with Crippen LogP contribution in [0.1, 0.15) is 48.8 Å². The summed E-state index contributed by atoms with van der Waals surface area (Å²) in [6.45, 7) is 3.67. The number of para-hydroxylation sites is 1. The van der Waals surface area contributed by atoms with Crippen molar-refractivity contribution in [1.82, 2.24) is 5.32 Å². The molecule has 196 valence electrons. The number of amides is 2. The lowest BCUT2D eigenvalue weighted by molar-refractivity contribution is -0.137. The fourth-order valence-electron chi connectivity index (χ4n) is 4.55. The highest BCUT2D eigenvalue weighted by molar-refractivity contribution is 6.20. The van der Waals surface area contributed by atoms with E-state index >= 15 is 0 Å². The zero-order valence-electron chi connectivity index (χ0n) is 20.5. The van der Waals surface area contributed by atoms with Crippen molar-refractivity contribution in [3.05, 3.63) is 77.9 Å². The number of rotatable bonds is 9. The minimum Gasteiger partial charge on any atom is -0.392 e. The third kappa shape index (κ3) is 6.10. The molecule has 37 heavy (non-hydrogen) atoms. The van der Waals surface area contributed by atoms with E-state index in [1.807, 2.05) is 0 Å². The molecule has 9 heteroatoms. The highest BCUT2D eigenvalue weighted by atomic mass is 19.4. The minimum atomic E-state index is -4.49. The van der Waals surface area contributed by atoms with Crippen LogP contribution < -0.4 is 10.2 Å². The number of hydrogen-bond donors (Lipinski definition) is 2. The number of aliphatic imine (C=N–C) groups is 1. The van der Waals surface area contributed by atoms with E-state index in [4.69, 9.17) is 0 Å². The van der Waals surface area contributed by atoms with Crippen molar-refractivity contribution >= 4 is 23.2 Å². The normalized spacial score (nSPS) is 19.4. The lowest BCUT2D eigenvalue weighted by Crippen LogP contribution is -2.49. The Balaban J connectivity index is 1.69. The zero-order valence-corrected chi connectivity index (χ0v) is 20.5. The van der Waals surface area contributed by atoms with Gasteiger partial charge in [0.25, 0.3) is 5.91 Å². The number of hydrogen-bond acceptors (Lipinski definition) is 4. The van der Waals surface area contributed by atoms with Gasteiger partial charge in [0.1, 0.15) is 0 Å². The van der Waals surface area contributed by atoms with E-state index in [-0.39, 0.29) is 0 Å². The molecule has 2 amide bonds. The maximum absolute atomic E-state index is 13.4. The number of benzene rings is 2. The van der Waals surface area contributed by atoms with Crippen molar-refractivity contribution in [2.75, 3.05) is 11.9 Å². The molecule has 2 aliphatic rings. The predicted molar refractivity (Wildman–Crippen MR) is 135 cm³/mol. The number of anilines is 1. The second-order valence-corrected chi connectivity index (χ2v) is 9.60. The Labute approximate surface area is 213 Å². The standard InChI is InChI=1S/C28H30F3N3O3/c1-3-4-9-23(35)21(16-17-10-11-17)26(36)33-25-27(37)34(2)22-8-6-5-7-20(22)24(32-25)18-12-14-19(15-13-18)28(29,30)31/h3,5-8,12-15,17,21,23,25,35H,1,4,9-11,16H2,2H3,(H,33,36)/t21-,23+,25-/m1/s1. The second-order valence-electron chi connectivity index (χ2n) is 9.60. The highest BCUT2D eigenvalue weighted by Crippen LogP contribution is 2.37. The summed E-state index contributed by atoms with van der Waals surface area (Å²) in [6.07, 6.45) is -1.60. The topological polar surface area (TPSA) is 82.0 Å². The largest absolute Gasteiger partial charge is 0.416 e. The molecule has 1 fully saturated rings. The quantitative estimate of drug-likeness (QED) is 0.477. The van der Waals surface area contributed by atoms with Crippen molar-refractivity contribution in [1.29, 1.82) is 0 Å². The average molecular weight is 514 g/mol. The van der Waals surface area contributed by atoms with Gasteiger partial charge in [-0.3, -0.25) is 9.59 Å². The van der Waals surface area contributed by atoms with Gasteiger partial charge in [-0.05, 0) is 43.4 Å². The molecule has 0 unspecified atom stereocenters. The van der Waals surface area contributed by atoms with Crippen molar-refractivity contribution < 1.29 is 27.9 Å². The van der Waals surface area contributed by atoms with Crippen LogP contribution in [0.25, 0.3) is 0 Å². The SMILES string of the molecule is C=CCC[C@H](O)[C@@H](CC1CC1)C(=O)N[C@H]1N=C(c2ccc(C(F)(F)F)cc2)c2ccccc2N(C)C1=O. The molecule has 2 aromatic rings. The van der Waals surface area contributed by atoms with Crippen molar-refractivity contribution in [3.63, 3.8) is 0 Å². The van der Waals surface area contributed by atoms with Crippen LogP contribution in [0.15, 0.2) is 66.2 Å². The molecular weight excluding hydrogens is 483 g/mol. The maximum atomic E-state index is 13.4. The van der Waals surface area contributed by atoms with E-state index in [2.05, 4.69) is 16.9 Å². The average Bonchev–Trinajstić information content (AvgIpc) is 3.71. The molecule has 2 aromatic carbocycles. The monoisotopic (exact) mass is 513 g/mol. The number of halogens is 3. The highest BCUT2D eigenvalue weighted by Gasteiger charge is 2.37. The Morgan fingerprint density at radius 3 is 2.51 bits per heavy atom. The first kappa shape index (κ1) is 26.6. The summed E-state index contributed by atoms with van der Waals surface area (Å²) in [4.78, 5) is 32.7. The van der Waals surface area contributed by atoms with Crippen LogP contribution in [-0.2, 0) is 15.8 Å². The van der Waals surface area contributed by atoms with Gasteiger partial charge < -0.3 is 15.3 Å². The van der Waals surface area contributed by atoms with E-state index in [0.29, 0.717) is 47.7 Å². The Morgan fingerprint density at radius 1 is 1.22 bits per heavy atom. The van der Waals surface area contributed by atoms with Crippen LogP contribution in [0.3, 0.4) is 0 Å². The Morgan fingerprint density at radius 2 is 1.89 bits per heavy atom. The molecule has 1 aliphatic carbocycles. The molecule has 1 saturated carbocycles. The molecule has 0 radical (unpaired) electrons. The number of carbonyl (C=O) groups is 2. The van der Waals surface area contributed by atoms with E-state index in [0.717, 1.165) is 25.0 Å². The van der Waals surface area contributed by atoms with E-state index < -0.39 is 41.7 Å². The van der Waals surface area contributed by atoms with Gasteiger partial charge in [0.15, 0.2) is 0 Å². The Hall–Kier alpha value is -3.46. The van der Waals surface area contributed by atoms with E-state index in [9.17, 15) is 27.9 Å². The number of nitrogens with one attached hydrogen (secondary N) is 1. The number of fused-ring (bicyclic) bond motifs is 1. The number of alkyl halides is 3. The van der Waals surface area contributed by atoms with Crippen LogP contribution >= 0.6 is 0 Å². The number of benzodiazepines with no additional fused rings is 1. The zero-order chi connectivity index (χ0) is 26.7. The predicted octanol–water partition coefficient (Wildman–Crippen LogP) is 4.70. The molecule has 0 bridgehead atoms. The van der Waals surface area contributed by atoms with Crippen LogP contribution in [-0.4, -0.2) is 41.9 Å². The fourth-order valence-corrected chi connectivity index (χ4v) is 4.55. The summed E-state index contributed by atoms with van der Waals surface area (Å²) in [5.41, 5.74) is 0.939. The first-order valence-corrected chi connectivity index (χ1v) is 12.3. The molecule has 4 rings (SSSR count). The number of nitrogens with zero attached hydrogens (tertiary/aromatic N) is 2. The minimum absolute atomic E-state index is 0.290. The van der Waals surface area contributed by atoms with Gasteiger partial charge in [0, 0.05) is 18.2 Å². The molecule has 6 nitrogen and oxygen atoms in total. The maximum Gasteiger partial charge on any atom is 0.416 e. The molecule has 0 spiro atoms. The lowest BCUT2D eigenvalue weighted by Gasteiger charge is -2.25. The van der Waals surface area contributed by atoms with Crippen LogP contribution in [0.5, 0.6) is 0 Å². The third-order valence-corrected chi connectivity index (χ3v) is 6.86. The summed E-state index contributed by atoms with van der Waals surface area (Å²) < 4.78 is 39.4. The van der Waals surface area contributed by atoms with Gasteiger partial charge >= 0.3 is 6.18 Å². The second kappa shape index (κ2) is 10.9. The van der Waals surface area contributed by atoms with Crippen molar-refractivity contribution in [3.8, 4) is 0 Å². The van der Waals surface area contributed by atoms with Crippen molar-refractivity contribution in [2.45, 2.75) is 50.6 Å². The number of aliphatic hydroxyl groups is 1. The van der Waals surface area contributed by atoms with Gasteiger partial charge in [-0.15, -0.1) is 6.58 Å². The van der Waals surface area contributed by atoms with Gasteiger partial charge in [-0.2, -0.15) is 13.2 Å². The van der Waals surface area contributed by atoms with Gasteiger partial charge in [0.2, 0.25) is 12.1 Å². The molecule has 2 N–H and O–H groups in total. The Kier molecular flexibility index (Phi) is 7.82. The Bertz CT molecular complexity index is 1190. The van der Waals surface area contributed by atoms with Gasteiger partial charge in [-0.1, -0.05) is 49.2 Å². The van der Waals surface area contributed by atoms with E-state index in [1.165, 1.54) is 17.0 Å². The fraction of sp³-hybridized carbons (Fsp3) is 0.393. The van der Waals surface area contributed by atoms with E-state index in [1.54, 1.807) is 37.4 Å². The summed E-state index contributed by atoms with van der Waals surface area (Å²) in [5, 5.41) is 13.4. The molecule has 1 aliphatic heterocycles. The number of allylic oxidation sites excluding steroid dienone is 1. The molecule has 1 heterocycles. The van der Waals surface area contributed by atoms with Crippen LogP contribution in [0, 0.1) is 11.8 Å². The third-order valence-electron chi connectivity index (χ3n) is 6.86. The lowest BCUT2D eigenvalue weighted by atomic mass is 9.91. The first-order chi connectivity index (χ1) is 17.6. The molecule has 3 atom stereocenters. The smallest absolute Gasteiger partial charge is 0.392 e. The number of carbonyl (C=O) groups excluding carboxylic acids is 2. The van der Waals surface area contributed by atoms with Gasteiger partial charge in [-0.25, -0.2) is 4.99 Å². The van der Waals surface area contributed by atoms with Crippen LogP contribution in [0.2, 0.25) is 0 Å². The number of aliphatic hydroxyl groups excluding tert-OH is 1. The summed E-state index contributed by atoms with van der Waals surface area (Å²) in [5.74, 6) is -1.32. The molecule has 0 aromatic heterocycles. The summed E-state index contributed by atoms with van der Waals surface area (Å²) >= 11 is 0. The first-order valence-electron chi connectivity index (χ1n) is 12.3. The number of likely N-dealkylation sites (N-methyl/N-ethyl adjacent to an activating group) is 1. The summed E-state index contributed by atoms with van der Waals surface area (Å²) in [6, 6.07) is 11.5.